The van der Waals surface area contributed by atoms with Crippen LogP contribution >= 0.6 is 0 Å². The number of hydrogen-bond donors (Lipinski definition) is 0. The van der Waals surface area contributed by atoms with Gasteiger partial charge in [0.2, 0.25) is 0 Å². The number of anilines is 1. The smallest absolute Gasteiger partial charge is 0.305 e. The van der Waals surface area contributed by atoms with E-state index in [0.29, 0.717) is 5.69 Å². The molecule has 0 aliphatic rings. The molecule has 0 fully saturated rings. The first-order valence-electron chi connectivity index (χ1n) is 7.13. The van der Waals surface area contributed by atoms with Crippen molar-refractivity contribution in [1.29, 1.82) is 0 Å². The van der Waals surface area contributed by atoms with Crippen molar-refractivity contribution in [2.24, 2.45) is 5.11 Å². The largest absolute Gasteiger partial charge is 0.755 e. The minimum atomic E-state index is -4.79. The SMILES string of the molecule is Cc1ccc(N(CCCC(CCN=[N+]=[N-])S(=O)(=O)F)S(=O)[O-])cc1. The molecule has 2 unspecified atom stereocenters. The molecule has 0 saturated heterocycles. The topological polar surface area (TPSA) is 126 Å². The molecule has 24 heavy (non-hydrogen) atoms. The van der Waals surface area contributed by atoms with Crippen LogP contribution in [-0.2, 0) is 21.5 Å². The summed E-state index contributed by atoms with van der Waals surface area (Å²) in [5.41, 5.74) is 9.59. The maximum atomic E-state index is 13.2. The van der Waals surface area contributed by atoms with Gasteiger partial charge in [-0.3, -0.25) is 4.21 Å². The van der Waals surface area contributed by atoms with E-state index in [9.17, 15) is 21.1 Å². The second kappa shape index (κ2) is 9.58. The summed E-state index contributed by atoms with van der Waals surface area (Å²) >= 11 is -2.53. The fraction of sp³-hybridized carbons (Fsp3) is 0.538. The van der Waals surface area contributed by atoms with Crippen LogP contribution in [-0.4, -0.2) is 35.5 Å². The molecule has 0 bridgehead atoms. The molecular weight excluding hydrogens is 359 g/mol. The molecule has 0 aromatic heterocycles. The van der Waals surface area contributed by atoms with E-state index in [4.69, 9.17) is 5.53 Å². The summed E-state index contributed by atoms with van der Waals surface area (Å²) in [5.74, 6) is 0. The van der Waals surface area contributed by atoms with E-state index in [1.54, 1.807) is 24.3 Å². The zero-order chi connectivity index (χ0) is 18.2. The van der Waals surface area contributed by atoms with E-state index in [2.05, 4.69) is 10.0 Å². The minimum Gasteiger partial charge on any atom is -0.755 e. The fourth-order valence-corrected chi connectivity index (χ4v) is 3.54. The zero-order valence-corrected chi connectivity index (χ0v) is 14.7. The van der Waals surface area contributed by atoms with Crippen LogP contribution in [0.5, 0.6) is 0 Å². The van der Waals surface area contributed by atoms with Crippen LogP contribution in [0.25, 0.3) is 10.4 Å². The Bertz CT molecular complexity index is 705. The predicted molar refractivity (Wildman–Crippen MR) is 89.1 cm³/mol. The molecule has 0 aliphatic heterocycles. The Kier molecular flexibility index (Phi) is 8.13. The molecule has 0 heterocycles. The lowest BCUT2D eigenvalue weighted by molar-refractivity contribution is 0.511. The van der Waals surface area contributed by atoms with E-state index in [1.165, 1.54) is 0 Å². The summed E-state index contributed by atoms with van der Waals surface area (Å²) in [7, 11) is -4.79. The number of aryl methyl sites for hydroxylation is 1. The third-order valence-electron chi connectivity index (χ3n) is 3.40. The van der Waals surface area contributed by atoms with E-state index in [1.807, 2.05) is 6.92 Å². The molecule has 0 spiro atoms. The van der Waals surface area contributed by atoms with Gasteiger partial charge >= 0.3 is 10.2 Å². The Morgan fingerprint density at radius 1 is 1.38 bits per heavy atom. The third kappa shape index (κ3) is 6.83. The van der Waals surface area contributed by atoms with Crippen LogP contribution in [0.4, 0.5) is 9.57 Å². The zero-order valence-electron chi connectivity index (χ0n) is 13.0. The van der Waals surface area contributed by atoms with Gasteiger partial charge in [0.05, 0.1) is 5.25 Å². The first-order valence-corrected chi connectivity index (χ1v) is 9.61. The average molecular weight is 377 g/mol. The number of benzene rings is 1. The molecule has 0 amide bonds. The van der Waals surface area contributed by atoms with Crippen molar-refractivity contribution in [2.45, 2.75) is 31.4 Å². The van der Waals surface area contributed by atoms with E-state index in [-0.39, 0.29) is 32.4 Å². The molecule has 2 atom stereocenters. The van der Waals surface area contributed by atoms with Gasteiger partial charge in [-0.25, -0.2) is 0 Å². The Balaban J connectivity index is 2.70. The molecule has 1 aromatic carbocycles. The number of rotatable bonds is 10. The summed E-state index contributed by atoms with van der Waals surface area (Å²) in [6, 6.07) is 6.78. The lowest BCUT2D eigenvalue weighted by Crippen LogP contribution is -2.28. The van der Waals surface area contributed by atoms with Crippen LogP contribution in [0.3, 0.4) is 0 Å². The van der Waals surface area contributed by atoms with Gasteiger partial charge in [-0.1, -0.05) is 22.8 Å². The fourth-order valence-electron chi connectivity index (χ4n) is 2.14. The summed E-state index contributed by atoms with van der Waals surface area (Å²) in [5, 5.41) is 1.88. The summed E-state index contributed by atoms with van der Waals surface area (Å²) in [4.78, 5) is 2.49. The van der Waals surface area contributed by atoms with E-state index in [0.717, 1.165) is 9.87 Å². The molecular formula is C13H18FN4O4S2-. The Morgan fingerprint density at radius 2 is 2.00 bits per heavy atom. The molecule has 1 rings (SSSR count). The monoisotopic (exact) mass is 377 g/mol. The molecule has 0 saturated carbocycles. The van der Waals surface area contributed by atoms with E-state index < -0.39 is 26.7 Å². The van der Waals surface area contributed by atoms with Crippen molar-refractivity contribution >= 4 is 27.2 Å². The third-order valence-corrected chi connectivity index (χ3v) is 5.42. The molecule has 8 nitrogen and oxygen atoms in total. The first-order chi connectivity index (χ1) is 11.3. The van der Waals surface area contributed by atoms with Crippen molar-refractivity contribution in [2.75, 3.05) is 17.4 Å². The van der Waals surface area contributed by atoms with Crippen LogP contribution < -0.4 is 4.31 Å². The Hall–Kier alpha value is -1.68. The number of azide groups is 1. The molecule has 0 aliphatic carbocycles. The minimum absolute atomic E-state index is 0.0205. The summed E-state index contributed by atoms with van der Waals surface area (Å²) in [6.45, 7) is 1.74. The summed E-state index contributed by atoms with van der Waals surface area (Å²) < 4.78 is 59.2. The van der Waals surface area contributed by atoms with Gasteiger partial charge in [0, 0.05) is 35.0 Å². The van der Waals surface area contributed by atoms with Gasteiger partial charge in [-0.2, -0.15) is 8.42 Å². The highest BCUT2D eigenvalue weighted by Gasteiger charge is 2.24. The molecule has 0 radical (unpaired) electrons. The van der Waals surface area contributed by atoms with Crippen LogP contribution in [0.1, 0.15) is 24.8 Å². The molecule has 0 N–H and O–H groups in total. The average Bonchev–Trinajstić information content (AvgIpc) is 2.49. The summed E-state index contributed by atoms with van der Waals surface area (Å²) in [6.07, 6.45) is -0.0703. The number of nitrogens with zero attached hydrogens (tertiary/aromatic N) is 4. The van der Waals surface area contributed by atoms with Crippen molar-refractivity contribution in [3.63, 3.8) is 0 Å². The molecule has 134 valence electrons. The number of halogens is 1. The Morgan fingerprint density at radius 3 is 2.50 bits per heavy atom. The van der Waals surface area contributed by atoms with Crippen molar-refractivity contribution in [1.82, 2.24) is 0 Å². The van der Waals surface area contributed by atoms with Gasteiger partial charge in [0.15, 0.2) is 0 Å². The van der Waals surface area contributed by atoms with Gasteiger partial charge < -0.3 is 8.86 Å². The predicted octanol–water partition coefficient (Wildman–Crippen LogP) is 2.74. The lowest BCUT2D eigenvalue weighted by Gasteiger charge is -2.27. The van der Waals surface area contributed by atoms with Crippen molar-refractivity contribution < 1.29 is 21.1 Å². The van der Waals surface area contributed by atoms with Gasteiger partial charge in [0.1, 0.15) is 0 Å². The van der Waals surface area contributed by atoms with Crippen LogP contribution in [0, 0.1) is 6.92 Å². The highest BCUT2D eigenvalue weighted by Crippen LogP contribution is 2.20. The lowest BCUT2D eigenvalue weighted by atomic mass is 10.2. The maximum absolute atomic E-state index is 13.2. The number of hydrogen-bond acceptors (Lipinski definition) is 5. The highest BCUT2D eigenvalue weighted by molar-refractivity contribution is 7.87. The first kappa shape index (κ1) is 20.4. The second-order valence-corrected chi connectivity index (χ2v) is 7.63. The Labute approximate surface area is 142 Å². The van der Waals surface area contributed by atoms with Gasteiger partial charge in [-0.15, -0.1) is 3.89 Å². The second-order valence-electron chi connectivity index (χ2n) is 5.14. The van der Waals surface area contributed by atoms with E-state index >= 15 is 0 Å². The van der Waals surface area contributed by atoms with Crippen molar-refractivity contribution in [3.8, 4) is 0 Å². The highest BCUT2D eigenvalue weighted by atomic mass is 32.3. The van der Waals surface area contributed by atoms with Crippen molar-refractivity contribution in [3.05, 3.63) is 40.3 Å². The standard InChI is InChI=1S/C13H19FN4O4S2/c1-11-4-6-12(7-5-11)18(23(19)20)10-2-3-13(24(14,21)22)8-9-16-17-15/h4-7,13H,2-3,8-10H2,1H3,(H,19,20)/p-1. The maximum Gasteiger partial charge on any atom is 0.305 e. The molecule has 11 heteroatoms. The van der Waals surface area contributed by atoms with Crippen LogP contribution in [0.15, 0.2) is 29.4 Å². The van der Waals surface area contributed by atoms with Gasteiger partial charge in [0.25, 0.3) is 0 Å². The quantitative estimate of drug-likeness (QED) is 0.204. The normalized spacial score (nSPS) is 13.8. The van der Waals surface area contributed by atoms with Crippen LogP contribution in [0.2, 0.25) is 0 Å². The van der Waals surface area contributed by atoms with Gasteiger partial charge in [-0.05, 0) is 43.9 Å². The molecule has 1 aromatic rings.